The standard InChI is InChI=1S/C47H76N2O8S2/c1-3-5-7-9-11-13-33-55-47(56-34-14-12-10-8-6-4-2)20-19-45(51)57-44-17-15-43(16-18-44)39-46(52)54-36-26-42-23-29-49(30-24-42)32-38-59-58-37-31-48-27-21-41(22-28-48)25-35-53-40-50/h5-8,15-18,40-42,47H,3-4,9-14,19-39H2,1-2H3/b7-5-,8-6-. The molecule has 0 atom stereocenters. The lowest BCUT2D eigenvalue weighted by atomic mass is 9.94. The Labute approximate surface area is 364 Å². The van der Waals surface area contributed by atoms with E-state index in [0.29, 0.717) is 56.9 Å². The van der Waals surface area contributed by atoms with Crippen molar-refractivity contribution in [3.05, 3.63) is 54.1 Å². The molecule has 2 aliphatic rings. The van der Waals surface area contributed by atoms with Gasteiger partial charge in [-0.15, -0.1) is 0 Å². The van der Waals surface area contributed by atoms with Gasteiger partial charge in [-0.25, -0.2) is 0 Å². The zero-order valence-electron chi connectivity index (χ0n) is 36.4. The second kappa shape index (κ2) is 34.3. The molecule has 0 amide bonds. The van der Waals surface area contributed by atoms with Crippen LogP contribution in [-0.4, -0.2) is 112 Å². The topological polar surface area (TPSA) is 104 Å². The summed E-state index contributed by atoms with van der Waals surface area (Å²) >= 11 is 0. The molecule has 0 radical (unpaired) electrons. The van der Waals surface area contributed by atoms with Gasteiger partial charge in [0.1, 0.15) is 5.75 Å². The average Bonchev–Trinajstić information content (AvgIpc) is 3.25. The van der Waals surface area contributed by atoms with Crippen LogP contribution in [0.2, 0.25) is 0 Å². The van der Waals surface area contributed by atoms with Gasteiger partial charge in [-0.1, -0.05) is 71.9 Å². The van der Waals surface area contributed by atoms with Crippen LogP contribution in [0.3, 0.4) is 0 Å². The number of likely N-dealkylation sites (tertiary alicyclic amines) is 2. The number of hydrogen-bond donors (Lipinski definition) is 0. The molecule has 1 aromatic rings. The SMILES string of the molecule is CC/C=C\CCCCOC(CCC(=O)Oc1ccc(CC(=O)OCCC2CCN(CCSSCCN3CCC(CCOC=O)CC3)CC2)cc1)OCCCC/C=C\CC. The van der Waals surface area contributed by atoms with E-state index in [-0.39, 0.29) is 24.8 Å². The molecule has 0 aliphatic carbocycles. The summed E-state index contributed by atoms with van der Waals surface area (Å²) in [5.41, 5.74) is 0.829. The Morgan fingerprint density at radius 2 is 1.25 bits per heavy atom. The van der Waals surface area contributed by atoms with Gasteiger partial charge in [0.15, 0.2) is 6.29 Å². The third-order valence-electron chi connectivity index (χ3n) is 11.0. The van der Waals surface area contributed by atoms with Gasteiger partial charge < -0.3 is 33.5 Å². The zero-order valence-corrected chi connectivity index (χ0v) is 38.0. The molecule has 0 bridgehead atoms. The van der Waals surface area contributed by atoms with Crippen molar-refractivity contribution < 1.29 is 38.1 Å². The van der Waals surface area contributed by atoms with E-state index in [9.17, 15) is 14.4 Å². The predicted octanol–water partition coefficient (Wildman–Crippen LogP) is 9.85. The van der Waals surface area contributed by atoms with E-state index in [1.54, 1.807) is 12.1 Å². The number of nitrogens with zero attached hydrogens (tertiary/aromatic N) is 2. The van der Waals surface area contributed by atoms with Crippen molar-refractivity contribution in [2.24, 2.45) is 11.8 Å². The lowest BCUT2D eigenvalue weighted by molar-refractivity contribution is -0.155. The van der Waals surface area contributed by atoms with Crippen LogP contribution in [0.15, 0.2) is 48.6 Å². The largest absolute Gasteiger partial charge is 0.468 e. The third-order valence-corrected chi connectivity index (χ3v) is 13.4. The molecule has 0 unspecified atom stereocenters. The molecule has 0 saturated carbocycles. The summed E-state index contributed by atoms with van der Waals surface area (Å²) in [6, 6.07) is 7.10. The molecule has 0 N–H and O–H groups in total. The van der Waals surface area contributed by atoms with Crippen LogP contribution in [0.25, 0.3) is 0 Å². The minimum absolute atomic E-state index is 0.193. The van der Waals surface area contributed by atoms with E-state index in [1.807, 2.05) is 33.7 Å². The summed E-state index contributed by atoms with van der Waals surface area (Å²) in [5, 5.41) is 0. The van der Waals surface area contributed by atoms with Gasteiger partial charge in [0.05, 0.1) is 26.1 Å². The van der Waals surface area contributed by atoms with Crippen molar-refractivity contribution >= 4 is 40.0 Å². The molecule has 2 fully saturated rings. The second-order valence-corrected chi connectivity index (χ2v) is 18.4. The van der Waals surface area contributed by atoms with Crippen LogP contribution in [0, 0.1) is 11.8 Å². The summed E-state index contributed by atoms with van der Waals surface area (Å²) < 4.78 is 28.2. The maximum absolute atomic E-state index is 12.7. The van der Waals surface area contributed by atoms with E-state index in [2.05, 4.69) is 48.0 Å². The molecule has 2 saturated heterocycles. The number of unbranched alkanes of at least 4 members (excludes halogenated alkanes) is 4. The first kappa shape index (κ1) is 51.0. The Hall–Kier alpha value is -2.35. The normalized spacial score (nSPS) is 16.1. The van der Waals surface area contributed by atoms with Crippen molar-refractivity contribution in [2.75, 3.05) is 77.2 Å². The van der Waals surface area contributed by atoms with Gasteiger partial charge in [0.2, 0.25) is 0 Å². The van der Waals surface area contributed by atoms with Gasteiger partial charge in [-0.2, -0.15) is 0 Å². The number of piperidine rings is 2. The number of carbonyl (C=O) groups is 3. The first-order valence-corrected chi connectivity index (χ1v) is 25.2. The lowest BCUT2D eigenvalue weighted by Crippen LogP contribution is -2.35. The first-order valence-electron chi connectivity index (χ1n) is 22.7. The van der Waals surface area contributed by atoms with Crippen molar-refractivity contribution in [3.63, 3.8) is 0 Å². The highest BCUT2D eigenvalue weighted by Gasteiger charge is 2.21. The lowest BCUT2D eigenvalue weighted by Gasteiger charge is -2.32. The highest BCUT2D eigenvalue weighted by molar-refractivity contribution is 8.76. The number of ether oxygens (including phenoxy) is 5. The van der Waals surface area contributed by atoms with Crippen LogP contribution in [0.5, 0.6) is 5.75 Å². The van der Waals surface area contributed by atoms with Crippen LogP contribution in [0.4, 0.5) is 0 Å². The molecule has 1 aromatic carbocycles. The summed E-state index contributed by atoms with van der Waals surface area (Å²) in [5.74, 6) is 3.50. The molecule has 0 spiro atoms. The Morgan fingerprint density at radius 1 is 0.712 bits per heavy atom. The summed E-state index contributed by atoms with van der Waals surface area (Å²) in [6.07, 6.45) is 24.1. The van der Waals surface area contributed by atoms with Crippen molar-refractivity contribution in [3.8, 4) is 5.75 Å². The van der Waals surface area contributed by atoms with Crippen LogP contribution >= 0.6 is 21.6 Å². The van der Waals surface area contributed by atoms with E-state index in [0.717, 1.165) is 133 Å². The third kappa shape index (κ3) is 25.9. The predicted molar refractivity (Wildman–Crippen MR) is 243 cm³/mol. The molecular formula is C47H76N2O8S2. The molecule has 12 heteroatoms. The molecule has 334 valence electrons. The smallest absolute Gasteiger partial charge is 0.311 e. The monoisotopic (exact) mass is 861 g/mol. The van der Waals surface area contributed by atoms with E-state index in [1.165, 1.54) is 12.8 Å². The molecule has 2 heterocycles. The minimum atomic E-state index is -0.431. The van der Waals surface area contributed by atoms with Gasteiger partial charge >= 0.3 is 11.9 Å². The van der Waals surface area contributed by atoms with Crippen LogP contribution < -0.4 is 4.74 Å². The fourth-order valence-corrected chi connectivity index (χ4v) is 9.38. The van der Waals surface area contributed by atoms with Crippen molar-refractivity contribution in [2.45, 2.75) is 129 Å². The molecule has 10 nitrogen and oxygen atoms in total. The average molecular weight is 861 g/mol. The number of rotatable bonds is 34. The maximum Gasteiger partial charge on any atom is 0.311 e. The van der Waals surface area contributed by atoms with Crippen molar-refractivity contribution in [1.29, 1.82) is 0 Å². The summed E-state index contributed by atoms with van der Waals surface area (Å²) in [4.78, 5) is 40.8. The highest BCUT2D eigenvalue weighted by atomic mass is 33.1. The van der Waals surface area contributed by atoms with Gasteiger partial charge in [0, 0.05) is 44.2 Å². The Bertz CT molecular complexity index is 1260. The molecule has 3 rings (SSSR count). The van der Waals surface area contributed by atoms with Crippen molar-refractivity contribution in [1.82, 2.24) is 9.80 Å². The second-order valence-electron chi connectivity index (χ2n) is 15.7. The fourth-order valence-electron chi connectivity index (χ4n) is 7.32. The number of esters is 2. The Morgan fingerprint density at radius 3 is 1.78 bits per heavy atom. The van der Waals surface area contributed by atoms with Gasteiger partial charge in [-0.3, -0.25) is 14.4 Å². The molecule has 59 heavy (non-hydrogen) atoms. The molecule has 2 aliphatic heterocycles. The highest BCUT2D eigenvalue weighted by Crippen LogP contribution is 2.26. The molecule has 0 aromatic heterocycles. The van der Waals surface area contributed by atoms with Gasteiger partial charge in [-0.05, 0) is 146 Å². The number of allylic oxidation sites excluding steroid dienone is 4. The number of carbonyl (C=O) groups excluding carboxylic acids is 3. The van der Waals surface area contributed by atoms with E-state index >= 15 is 0 Å². The minimum Gasteiger partial charge on any atom is -0.468 e. The number of hydrogen-bond acceptors (Lipinski definition) is 12. The fraction of sp³-hybridized carbons (Fsp3) is 0.723. The first-order chi connectivity index (χ1) is 29.0. The molecular weight excluding hydrogens is 785 g/mol. The van der Waals surface area contributed by atoms with E-state index in [4.69, 9.17) is 23.7 Å². The quantitative estimate of drug-likeness (QED) is 0.0125. The summed E-state index contributed by atoms with van der Waals surface area (Å²) in [7, 11) is 3.98. The summed E-state index contributed by atoms with van der Waals surface area (Å²) in [6.45, 7) is 13.9. The van der Waals surface area contributed by atoms with Crippen LogP contribution in [-0.2, 0) is 39.8 Å². The maximum atomic E-state index is 12.7. The van der Waals surface area contributed by atoms with Crippen LogP contribution in [0.1, 0.15) is 122 Å². The Balaban J connectivity index is 1.21. The Kier molecular flexibility index (Phi) is 29.6. The zero-order chi connectivity index (χ0) is 42.0. The number of benzene rings is 1. The van der Waals surface area contributed by atoms with Gasteiger partial charge in [0.25, 0.3) is 6.47 Å². The van der Waals surface area contributed by atoms with E-state index < -0.39 is 6.29 Å².